The number of nitrogens with zero attached hydrogens (tertiary/aromatic N) is 2. The highest BCUT2D eigenvalue weighted by Crippen LogP contribution is 2.27. The molecule has 182 valence electrons. The number of ether oxygens (including phenoxy) is 1. The van der Waals surface area contributed by atoms with Gasteiger partial charge in [0.2, 0.25) is 0 Å². The van der Waals surface area contributed by atoms with Crippen molar-refractivity contribution in [2.75, 3.05) is 13.2 Å². The monoisotopic (exact) mass is 481 g/mol. The maximum absolute atomic E-state index is 13.4. The number of hydrogen-bond acceptors (Lipinski definition) is 4. The lowest BCUT2D eigenvalue weighted by Crippen LogP contribution is -2.35. The molecule has 2 unspecified atom stereocenters. The second-order valence-corrected chi connectivity index (χ2v) is 8.26. The summed E-state index contributed by atoms with van der Waals surface area (Å²) in [7, 11) is 1.86. The summed E-state index contributed by atoms with van der Waals surface area (Å²) in [6.07, 6.45) is 1.96. The topological polar surface area (TPSA) is 59.3 Å². The van der Waals surface area contributed by atoms with Crippen LogP contribution in [0.1, 0.15) is 34.7 Å². The predicted molar refractivity (Wildman–Crippen MR) is 126 cm³/mol. The van der Waals surface area contributed by atoms with Gasteiger partial charge in [-0.1, -0.05) is 36.4 Å². The maximum atomic E-state index is 13.4. The van der Waals surface area contributed by atoms with Crippen molar-refractivity contribution in [1.82, 2.24) is 14.9 Å². The van der Waals surface area contributed by atoms with E-state index in [4.69, 9.17) is 4.74 Å². The van der Waals surface area contributed by atoms with Crippen molar-refractivity contribution in [3.05, 3.63) is 125 Å². The second-order valence-electron chi connectivity index (χ2n) is 8.26. The van der Waals surface area contributed by atoms with E-state index in [1.807, 2.05) is 17.8 Å². The molecule has 0 radical (unpaired) electrons. The molecular formula is C27H26F3N3O2. The van der Waals surface area contributed by atoms with Crippen LogP contribution in [0.5, 0.6) is 0 Å². The van der Waals surface area contributed by atoms with Gasteiger partial charge in [-0.2, -0.15) is 0 Å². The van der Waals surface area contributed by atoms with Gasteiger partial charge in [-0.25, -0.2) is 18.2 Å². The minimum absolute atomic E-state index is 0.0386. The van der Waals surface area contributed by atoms with E-state index in [0.717, 1.165) is 5.56 Å². The van der Waals surface area contributed by atoms with Crippen LogP contribution in [-0.4, -0.2) is 33.9 Å². The molecule has 0 spiro atoms. The van der Waals surface area contributed by atoms with Crippen LogP contribution < -0.4 is 5.32 Å². The summed E-state index contributed by atoms with van der Waals surface area (Å²) in [5, 5.41) is 14.0. The zero-order chi connectivity index (χ0) is 24.8. The Bertz CT molecular complexity index is 1170. The fourth-order valence-electron chi connectivity index (χ4n) is 3.85. The van der Waals surface area contributed by atoms with E-state index < -0.39 is 12.2 Å². The first-order valence-corrected chi connectivity index (χ1v) is 11.2. The number of aliphatic hydroxyl groups excluding tert-OH is 1. The molecule has 8 heteroatoms. The summed E-state index contributed by atoms with van der Waals surface area (Å²) in [6.45, 7) is 0.123. The van der Waals surface area contributed by atoms with Gasteiger partial charge in [0.25, 0.3) is 0 Å². The molecule has 1 aromatic heterocycles. The van der Waals surface area contributed by atoms with Gasteiger partial charge in [0, 0.05) is 26.0 Å². The minimum Gasteiger partial charge on any atom is -0.389 e. The summed E-state index contributed by atoms with van der Waals surface area (Å²) >= 11 is 0. The van der Waals surface area contributed by atoms with Gasteiger partial charge in [-0.3, -0.25) is 0 Å². The third-order valence-corrected chi connectivity index (χ3v) is 5.68. The lowest BCUT2D eigenvalue weighted by molar-refractivity contribution is 0.00585. The number of halogens is 3. The Hall–Kier alpha value is -3.46. The second kappa shape index (κ2) is 11.3. The fourth-order valence-corrected chi connectivity index (χ4v) is 3.85. The Morgan fingerprint density at radius 3 is 1.77 bits per heavy atom. The lowest BCUT2D eigenvalue weighted by atomic mass is 10.0. The van der Waals surface area contributed by atoms with E-state index in [9.17, 15) is 18.3 Å². The molecule has 0 fully saturated rings. The average Bonchev–Trinajstić information content (AvgIpc) is 3.28. The van der Waals surface area contributed by atoms with Crippen LogP contribution in [-0.2, 0) is 11.8 Å². The van der Waals surface area contributed by atoms with Crippen LogP contribution in [0.15, 0.2) is 85.2 Å². The van der Waals surface area contributed by atoms with Crippen molar-refractivity contribution in [1.29, 1.82) is 0 Å². The normalized spacial score (nSPS) is 13.2. The van der Waals surface area contributed by atoms with Crippen molar-refractivity contribution in [2.24, 2.45) is 7.05 Å². The predicted octanol–water partition coefficient (Wildman–Crippen LogP) is 4.68. The van der Waals surface area contributed by atoms with E-state index in [0.29, 0.717) is 17.0 Å². The van der Waals surface area contributed by atoms with Crippen LogP contribution in [0.2, 0.25) is 0 Å². The summed E-state index contributed by atoms with van der Waals surface area (Å²) in [6, 6.07) is 17.4. The molecule has 4 rings (SSSR count). The smallest absolute Gasteiger partial charge is 0.130 e. The van der Waals surface area contributed by atoms with Crippen LogP contribution >= 0.6 is 0 Å². The SMILES string of the molecule is Cn1ccnc1C(NCC(O)COC(c1ccc(F)cc1)c1ccc(F)cc1)c1ccc(F)cc1. The number of aromatic nitrogens is 2. The number of nitrogens with one attached hydrogen (secondary N) is 1. The van der Waals surface area contributed by atoms with Gasteiger partial charge < -0.3 is 19.7 Å². The number of aliphatic hydroxyl groups is 1. The number of benzene rings is 3. The molecule has 0 amide bonds. The van der Waals surface area contributed by atoms with Crippen LogP contribution in [0, 0.1) is 17.5 Å². The van der Waals surface area contributed by atoms with Gasteiger partial charge >= 0.3 is 0 Å². The third-order valence-electron chi connectivity index (χ3n) is 5.68. The molecule has 0 saturated heterocycles. The third kappa shape index (κ3) is 6.36. The molecule has 0 saturated carbocycles. The Morgan fingerprint density at radius 2 is 1.31 bits per heavy atom. The quantitative estimate of drug-likeness (QED) is 0.345. The highest BCUT2D eigenvalue weighted by molar-refractivity contribution is 5.31. The van der Waals surface area contributed by atoms with Gasteiger partial charge in [-0.05, 0) is 53.1 Å². The zero-order valence-corrected chi connectivity index (χ0v) is 19.1. The first-order valence-electron chi connectivity index (χ1n) is 11.2. The van der Waals surface area contributed by atoms with E-state index in [-0.39, 0.29) is 36.6 Å². The molecule has 1 heterocycles. The zero-order valence-electron chi connectivity index (χ0n) is 19.1. The van der Waals surface area contributed by atoms with Gasteiger partial charge in [-0.15, -0.1) is 0 Å². The highest BCUT2D eigenvalue weighted by atomic mass is 19.1. The molecule has 2 N–H and O–H groups in total. The van der Waals surface area contributed by atoms with Crippen molar-refractivity contribution in [3.8, 4) is 0 Å². The molecule has 35 heavy (non-hydrogen) atoms. The van der Waals surface area contributed by atoms with Crippen LogP contribution in [0.3, 0.4) is 0 Å². The lowest BCUT2D eigenvalue weighted by Gasteiger charge is -2.24. The molecule has 0 bridgehead atoms. The highest BCUT2D eigenvalue weighted by Gasteiger charge is 2.21. The number of hydrogen-bond donors (Lipinski definition) is 2. The van der Waals surface area contributed by atoms with Crippen LogP contribution in [0.25, 0.3) is 0 Å². The average molecular weight is 482 g/mol. The van der Waals surface area contributed by atoms with E-state index in [1.165, 1.54) is 36.4 Å². The number of imidazole rings is 1. The van der Waals surface area contributed by atoms with Crippen molar-refractivity contribution < 1.29 is 23.0 Å². The minimum atomic E-state index is -0.901. The Kier molecular flexibility index (Phi) is 7.97. The van der Waals surface area contributed by atoms with E-state index >= 15 is 0 Å². The molecule has 0 aliphatic heterocycles. The largest absolute Gasteiger partial charge is 0.389 e. The Morgan fingerprint density at radius 1 is 0.829 bits per heavy atom. The van der Waals surface area contributed by atoms with Crippen molar-refractivity contribution >= 4 is 0 Å². The van der Waals surface area contributed by atoms with Gasteiger partial charge in [0.05, 0.1) is 18.8 Å². The van der Waals surface area contributed by atoms with Gasteiger partial charge in [0.1, 0.15) is 29.4 Å². The summed E-state index contributed by atoms with van der Waals surface area (Å²) in [4.78, 5) is 4.39. The van der Waals surface area contributed by atoms with Gasteiger partial charge in [0.15, 0.2) is 0 Å². The molecular weight excluding hydrogens is 455 g/mol. The summed E-state index contributed by atoms with van der Waals surface area (Å²) < 4.78 is 48.2. The molecule has 3 aromatic carbocycles. The summed E-state index contributed by atoms with van der Waals surface area (Å²) in [5.41, 5.74) is 2.15. The first kappa shape index (κ1) is 24.7. The van der Waals surface area contributed by atoms with Crippen LogP contribution in [0.4, 0.5) is 13.2 Å². The van der Waals surface area contributed by atoms with Crippen molar-refractivity contribution in [2.45, 2.75) is 18.2 Å². The Balaban J connectivity index is 1.45. The van der Waals surface area contributed by atoms with Crippen molar-refractivity contribution in [3.63, 3.8) is 0 Å². The summed E-state index contributed by atoms with van der Waals surface area (Å²) in [5.74, 6) is -0.387. The molecule has 5 nitrogen and oxygen atoms in total. The van der Waals surface area contributed by atoms with E-state index in [2.05, 4.69) is 10.3 Å². The van der Waals surface area contributed by atoms with E-state index in [1.54, 1.807) is 42.6 Å². The number of rotatable bonds is 10. The standard InChI is InChI=1S/C27H26F3N3O2/c1-33-15-14-31-27(33)25(18-2-8-21(28)9-3-18)32-16-24(34)17-35-26(19-4-10-22(29)11-5-19)20-6-12-23(30)13-7-20/h2-15,24-26,32,34H,16-17H2,1H3. The Labute approximate surface area is 201 Å². The first-order chi connectivity index (χ1) is 16.9. The molecule has 0 aliphatic carbocycles. The molecule has 0 aliphatic rings. The maximum Gasteiger partial charge on any atom is 0.130 e. The molecule has 4 aromatic rings. The number of aryl methyl sites for hydroxylation is 1. The fraction of sp³-hybridized carbons (Fsp3) is 0.222. The molecule has 2 atom stereocenters.